The van der Waals surface area contributed by atoms with Crippen molar-refractivity contribution in [1.82, 2.24) is 19.9 Å². The van der Waals surface area contributed by atoms with Crippen LogP contribution in [0.3, 0.4) is 0 Å². The van der Waals surface area contributed by atoms with Crippen LogP contribution in [0.1, 0.15) is 47.2 Å². The summed E-state index contributed by atoms with van der Waals surface area (Å²) >= 11 is 0. The molecule has 3 heterocycles. The monoisotopic (exact) mass is 326 g/mol. The second-order valence-corrected chi connectivity index (χ2v) is 6.65. The Morgan fingerprint density at radius 1 is 1.00 bits per heavy atom. The third-order valence-electron chi connectivity index (χ3n) is 4.94. The highest BCUT2D eigenvalue weighted by Gasteiger charge is 2.28. The molecule has 0 saturated heterocycles. The minimum Gasteiger partial charge on any atom is -0.348 e. The Morgan fingerprint density at radius 3 is 2.68 bits per heavy atom. The van der Waals surface area contributed by atoms with Gasteiger partial charge >= 0.3 is 0 Å². The van der Waals surface area contributed by atoms with E-state index in [1.165, 1.54) is 29.4 Å². The van der Waals surface area contributed by atoms with Gasteiger partial charge in [-0.1, -0.05) is 18.2 Å². The molecule has 4 heteroatoms. The number of nitrogens with zero attached hydrogens (tertiary/aromatic N) is 3. The number of H-pyrrole nitrogens is 1. The Kier molecular flexibility index (Phi) is 3.33. The maximum absolute atomic E-state index is 4.62. The van der Waals surface area contributed by atoms with Gasteiger partial charge in [0.25, 0.3) is 0 Å². The number of imidazole rings is 1. The Labute approximate surface area is 146 Å². The summed E-state index contributed by atoms with van der Waals surface area (Å²) in [6.45, 7) is 0. The molecule has 5 rings (SSSR count). The highest BCUT2D eigenvalue weighted by molar-refractivity contribution is 5.84. The number of aromatic amines is 1. The predicted molar refractivity (Wildman–Crippen MR) is 97.5 cm³/mol. The van der Waals surface area contributed by atoms with Gasteiger partial charge in [0, 0.05) is 29.7 Å². The van der Waals surface area contributed by atoms with Crippen molar-refractivity contribution in [3.63, 3.8) is 0 Å². The molecule has 0 amide bonds. The van der Waals surface area contributed by atoms with Gasteiger partial charge in [0.15, 0.2) is 0 Å². The minimum atomic E-state index is 0.0348. The van der Waals surface area contributed by atoms with Gasteiger partial charge in [0.2, 0.25) is 0 Å². The SMILES string of the molecule is c1ccc(C(c2cc(C3CC3)c3cccnc3c2)c2cnc[nH]2)nc1. The molecule has 0 radical (unpaired) electrons. The number of benzene rings is 1. The molecule has 0 spiro atoms. The first kappa shape index (κ1) is 14.3. The Balaban J connectivity index is 1.74. The van der Waals surface area contributed by atoms with Gasteiger partial charge in [-0.15, -0.1) is 0 Å². The van der Waals surface area contributed by atoms with Crippen molar-refractivity contribution < 1.29 is 0 Å². The summed E-state index contributed by atoms with van der Waals surface area (Å²) in [4.78, 5) is 16.7. The van der Waals surface area contributed by atoms with Gasteiger partial charge in [0.05, 0.1) is 23.5 Å². The molecule has 4 nitrogen and oxygen atoms in total. The molecule has 1 fully saturated rings. The molecule has 1 aliphatic carbocycles. The van der Waals surface area contributed by atoms with E-state index >= 15 is 0 Å². The van der Waals surface area contributed by atoms with Crippen molar-refractivity contribution in [1.29, 1.82) is 0 Å². The van der Waals surface area contributed by atoms with Crippen LogP contribution in [0.4, 0.5) is 0 Å². The van der Waals surface area contributed by atoms with Crippen LogP contribution in [0.2, 0.25) is 0 Å². The minimum absolute atomic E-state index is 0.0348. The van der Waals surface area contributed by atoms with Crippen LogP contribution < -0.4 is 0 Å². The summed E-state index contributed by atoms with van der Waals surface area (Å²) in [7, 11) is 0. The number of hydrogen-bond acceptors (Lipinski definition) is 3. The fourth-order valence-electron chi connectivity index (χ4n) is 3.61. The van der Waals surface area contributed by atoms with Crippen molar-refractivity contribution in [2.75, 3.05) is 0 Å². The average Bonchev–Trinajstić information content (AvgIpc) is 3.38. The Hall–Kier alpha value is -3.01. The number of nitrogens with one attached hydrogen (secondary N) is 1. The smallest absolute Gasteiger partial charge is 0.0922 e. The zero-order valence-corrected chi connectivity index (χ0v) is 13.8. The van der Waals surface area contributed by atoms with E-state index < -0.39 is 0 Å². The van der Waals surface area contributed by atoms with Crippen LogP contribution in [0.15, 0.2) is 67.4 Å². The normalized spacial score (nSPS) is 15.4. The summed E-state index contributed by atoms with van der Waals surface area (Å²) in [5.74, 6) is 0.699. The molecule has 1 aromatic carbocycles. The molecule has 1 saturated carbocycles. The number of hydrogen-bond donors (Lipinski definition) is 1. The van der Waals surface area contributed by atoms with Gasteiger partial charge in [-0.05, 0) is 54.2 Å². The van der Waals surface area contributed by atoms with Gasteiger partial charge in [-0.3, -0.25) is 9.97 Å². The molecule has 3 aromatic heterocycles. The maximum atomic E-state index is 4.62. The van der Waals surface area contributed by atoms with E-state index in [9.17, 15) is 0 Å². The zero-order valence-electron chi connectivity index (χ0n) is 13.8. The fraction of sp³-hybridized carbons (Fsp3) is 0.190. The fourth-order valence-corrected chi connectivity index (χ4v) is 3.61. The third-order valence-corrected chi connectivity index (χ3v) is 4.94. The van der Waals surface area contributed by atoms with Gasteiger partial charge < -0.3 is 4.98 Å². The summed E-state index contributed by atoms with van der Waals surface area (Å²) in [5.41, 5.74) is 5.76. The lowest BCUT2D eigenvalue weighted by molar-refractivity contribution is 0.883. The summed E-state index contributed by atoms with van der Waals surface area (Å²) < 4.78 is 0. The summed E-state index contributed by atoms with van der Waals surface area (Å²) in [6.07, 6.45) is 9.87. The standard InChI is InChI=1S/C21H18N4/c1-2-8-23-18(5-1)21(20-12-22-13-25-20)15-10-17(14-6-7-14)16-4-3-9-24-19(16)11-15/h1-5,8-14,21H,6-7H2,(H,22,25). The molecular formula is C21H18N4. The van der Waals surface area contributed by atoms with E-state index in [1.54, 1.807) is 6.33 Å². The first-order valence-electron chi connectivity index (χ1n) is 8.68. The van der Waals surface area contributed by atoms with Crippen LogP contribution in [-0.4, -0.2) is 19.9 Å². The third kappa shape index (κ3) is 2.60. The molecule has 25 heavy (non-hydrogen) atoms. The molecular weight excluding hydrogens is 308 g/mol. The molecule has 1 unspecified atom stereocenters. The van der Waals surface area contributed by atoms with Gasteiger partial charge in [-0.25, -0.2) is 4.98 Å². The quantitative estimate of drug-likeness (QED) is 0.604. The summed E-state index contributed by atoms with van der Waals surface area (Å²) in [6, 6.07) is 14.8. The van der Waals surface area contributed by atoms with Crippen LogP contribution in [0.5, 0.6) is 0 Å². The number of fused-ring (bicyclic) bond motifs is 1. The van der Waals surface area contributed by atoms with E-state index in [0.717, 1.165) is 16.9 Å². The van der Waals surface area contributed by atoms with Crippen molar-refractivity contribution in [2.45, 2.75) is 24.7 Å². The molecule has 0 bridgehead atoms. The van der Waals surface area contributed by atoms with Crippen LogP contribution >= 0.6 is 0 Å². The molecule has 1 atom stereocenters. The van der Waals surface area contributed by atoms with Gasteiger partial charge in [-0.2, -0.15) is 0 Å². The summed E-state index contributed by atoms with van der Waals surface area (Å²) in [5, 5.41) is 1.28. The lowest BCUT2D eigenvalue weighted by Crippen LogP contribution is -2.07. The molecule has 4 aromatic rings. The molecule has 122 valence electrons. The number of aromatic nitrogens is 4. The number of pyridine rings is 2. The van der Waals surface area contributed by atoms with E-state index in [1.807, 2.05) is 36.8 Å². The predicted octanol–water partition coefficient (Wildman–Crippen LogP) is 4.41. The van der Waals surface area contributed by atoms with E-state index in [2.05, 4.69) is 44.2 Å². The highest BCUT2D eigenvalue weighted by atomic mass is 14.9. The first-order chi connectivity index (χ1) is 12.4. The molecule has 1 N–H and O–H groups in total. The van der Waals surface area contributed by atoms with Crippen molar-refractivity contribution in [3.05, 3.63) is 89.9 Å². The lowest BCUT2D eigenvalue weighted by atomic mass is 9.89. The second kappa shape index (κ2) is 5.81. The molecule has 0 aliphatic heterocycles. The van der Waals surface area contributed by atoms with Crippen LogP contribution in [0.25, 0.3) is 10.9 Å². The van der Waals surface area contributed by atoms with E-state index in [4.69, 9.17) is 0 Å². The number of rotatable bonds is 4. The van der Waals surface area contributed by atoms with E-state index in [0.29, 0.717) is 5.92 Å². The maximum Gasteiger partial charge on any atom is 0.0922 e. The van der Waals surface area contributed by atoms with Crippen molar-refractivity contribution in [2.24, 2.45) is 0 Å². The van der Waals surface area contributed by atoms with Gasteiger partial charge in [0.1, 0.15) is 0 Å². The topological polar surface area (TPSA) is 54.5 Å². The average molecular weight is 326 g/mol. The second-order valence-electron chi connectivity index (χ2n) is 6.65. The highest BCUT2D eigenvalue weighted by Crippen LogP contribution is 2.44. The molecule has 1 aliphatic rings. The largest absolute Gasteiger partial charge is 0.348 e. The van der Waals surface area contributed by atoms with Crippen molar-refractivity contribution >= 4 is 10.9 Å². The van der Waals surface area contributed by atoms with Crippen LogP contribution in [0, 0.1) is 0 Å². The zero-order chi connectivity index (χ0) is 16.6. The lowest BCUT2D eigenvalue weighted by Gasteiger charge is -2.18. The first-order valence-corrected chi connectivity index (χ1v) is 8.68. The van der Waals surface area contributed by atoms with Crippen molar-refractivity contribution in [3.8, 4) is 0 Å². The van der Waals surface area contributed by atoms with Crippen LogP contribution in [-0.2, 0) is 0 Å². The Morgan fingerprint density at radius 2 is 1.92 bits per heavy atom. The van der Waals surface area contributed by atoms with E-state index in [-0.39, 0.29) is 5.92 Å². The Bertz CT molecular complexity index is 1000.